The zero-order chi connectivity index (χ0) is 15.3. The highest BCUT2D eigenvalue weighted by Crippen LogP contribution is 2.19. The summed E-state index contributed by atoms with van der Waals surface area (Å²) in [5.74, 6) is -0.0494. The van der Waals surface area contributed by atoms with Crippen LogP contribution in [0.2, 0.25) is 0 Å². The molecule has 0 aromatic heterocycles. The lowest BCUT2D eigenvalue weighted by Crippen LogP contribution is -2.42. The maximum absolute atomic E-state index is 12.1. The minimum Gasteiger partial charge on any atom is -0.388 e. The van der Waals surface area contributed by atoms with Crippen LogP contribution >= 0.6 is 0 Å². The highest BCUT2D eigenvalue weighted by atomic mass is 16.3. The molecule has 0 saturated carbocycles. The number of carbonyl (C=O) groups is 1. The van der Waals surface area contributed by atoms with Gasteiger partial charge in [0.05, 0.1) is 12.0 Å². The third-order valence-corrected chi connectivity index (χ3v) is 4.16. The molecular weight excluding hydrogens is 262 g/mol. The number of carbonyl (C=O) groups excluding carboxylic acids is 1. The Bertz CT molecular complexity index is 612. The van der Waals surface area contributed by atoms with Crippen molar-refractivity contribution >= 4 is 16.7 Å². The van der Waals surface area contributed by atoms with Gasteiger partial charge in [-0.25, -0.2) is 0 Å². The van der Waals surface area contributed by atoms with Crippen molar-refractivity contribution in [1.29, 1.82) is 0 Å². The smallest absolute Gasteiger partial charge is 0.224 e. The highest BCUT2D eigenvalue weighted by Gasteiger charge is 2.22. The van der Waals surface area contributed by atoms with Crippen LogP contribution in [-0.4, -0.2) is 23.2 Å². The summed E-state index contributed by atoms with van der Waals surface area (Å²) in [6.07, 6.45) is 1.61. The second kappa shape index (κ2) is 6.72. The van der Waals surface area contributed by atoms with E-state index in [1.165, 1.54) is 0 Å². The summed E-state index contributed by atoms with van der Waals surface area (Å²) < 4.78 is 0. The minimum absolute atomic E-state index is 0.0494. The van der Waals surface area contributed by atoms with E-state index in [4.69, 9.17) is 0 Å². The highest BCUT2D eigenvalue weighted by molar-refractivity contribution is 5.90. The van der Waals surface area contributed by atoms with E-state index in [2.05, 4.69) is 5.32 Å². The van der Waals surface area contributed by atoms with Crippen molar-refractivity contribution in [3.8, 4) is 0 Å². The maximum Gasteiger partial charge on any atom is 0.224 e. The Hall–Kier alpha value is -1.87. The van der Waals surface area contributed by atoms with Crippen molar-refractivity contribution in [3.05, 3.63) is 48.0 Å². The molecule has 0 aliphatic rings. The molecule has 0 aliphatic heterocycles. The first kappa shape index (κ1) is 15.5. The summed E-state index contributed by atoms with van der Waals surface area (Å²) in [5.41, 5.74) is 0.219. The first-order chi connectivity index (χ1) is 10.1. The van der Waals surface area contributed by atoms with E-state index in [1.54, 1.807) is 0 Å². The molecule has 112 valence electrons. The van der Waals surface area contributed by atoms with Crippen molar-refractivity contribution < 1.29 is 9.90 Å². The topological polar surface area (TPSA) is 49.3 Å². The summed E-state index contributed by atoms with van der Waals surface area (Å²) in [6, 6.07) is 14.1. The van der Waals surface area contributed by atoms with Gasteiger partial charge in [-0.2, -0.15) is 0 Å². The number of amides is 1. The molecule has 2 N–H and O–H groups in total. The Morgan fingerprint density at radius 1 is 1.10 bits per heavy atom. The molecule has 21 heavy (non-hydrogen) atoms. The van der Waals surface area contributed by atoms with Gasteiger partial charge < -0.3 is 10.4 Å². The predicted molar refractivity (Wildman–Crippen MR) is 86.2 cm³/mol. The summed E-state index contributed by atoms with van der Waals surface area (Å²) in [6.45, 7) is 4.17. The first-order valence-electron chi connectivity index (χ1n) is 7.53. The predicted octanol–water partition coefficient (Wildman–Crippen LogP) is 3.05. The molecule has 0 aliphatic carbocycles. The first-order valence-corrected chi connectivity index (χ1v) is 7.53. The molecule has 0 saturated heterocycles. The van der Waals surface area contributed by atoms with Crippen LogP contribution < -0.4 is 5.32 Å². The molecule has 3 nitrogen and oxygen atoms in total. The Morgan fingerprint density at radius 3 is 2.48 bits per heavy atom. The van der Waals surface area contributed by atoms with Gasteiger partial charge in [0.25, 0.3) is 0 Å². The summed E-state index contributed by atoms with van der Waals surface area (Å²) in [5, 5.41) is 15.3. The molecule has 2 rings (SSSR count). The molecule has 2 aromatic rings. The lowest BCUT2D eigenvalue weighted by Gasteiger charge is -2.25. The van der Waals surface area contributed by atoms with Crippen LogP contribution in [0.15, 0.2) is 42.5 Å². The van der Waals surface area contributed by atoms with Crippen LogP contribution in [-0.2, 0) is 11.2 Å². The quantitative estimate of drug-likeness (QED) is 0.857. The molecule has 0 unspecified atom stereocenters. The Kier molecular flexibility index (Phi) is 4.97. The van der Waals surface area contributed by atoms with Gasteiger partial charge in [-0.3, -0.25) is 4.79 Å². The molecule has 0 spiro atoms. The molecule has 0 fully saturated rings. The Balaban J connectivity index is 2.05. The lowest BCUT2D eigenvalue weighted by atomic mass is 9.97. The van der Waals surface area contributed by atoms with Crippen LogP contribution in [0.1, 0.15) is 32.3 Å². The zero-order valence-electron chi connectivity index (χ0n) is 12.7. The molecule has 0 radical (unpaired) electrons. The Labute approximate surface area is 126 Å². The third-order valence-electron chi connectivity index (χ3n) is 4.16. The van der Waals surface area contributed by atoms with E-state index in [0.717, 1.165) is 16.3 Å². The number of aliphatic hydroxyl groups is 1. The molecular formula is C18H23NO2. The van der Waals surface area contributed by atoms with Gasteiger partial charge in [0.15, 0.2) is 0 Å². The fourth-order valence-electron chi connectivity index (χ4n) is 2.45. The number of hydrogen-bond donors (Lipinski definition) is 2. The average molecular weight is 285 g/mol. The second-order valence-corrected chi connectivity index (χ2v) is 5.52. The van der Waals surface area contributed by atoms with E-state index >= 15 is 0 Å². The van der Waals surface area contributed by atoms with Gasteiger partial charge in [0.1, 0.15) is 0 Å². The van der Waals surface area contributed by atoms with Crippen molar-refractivity contribution in [2.24, 2.45) is 0 Å². The zero-order valence-corrected chi connectivity index (χ0v) is 12.7. The SMILES string of the molecule is CCC(O)(CC)CNC(=O)Cc1cccc2ccccc12. The van der Waals surface area contributed by atoms with E-state index < -0.39 is 5.60 Å². The van der Waals surface area contributed by atoms with Crippen molar-refractivity contribution in [3.63, 3.8) is 0 Å². The molecule has 1 amide bonds. The van der Waals surface area contributed by atoms with E-state index in [0.29, 0.717) is 25.8 Å². The van der Waals surface area contributed by atoms with E-state index in [-0.39, 0.29) is 5.91 Å². The van der Waals surface area contributed by atoms with Crippen LogP contribution in [0.5, 0.6) is 0 Å². The van der Waals surface area contributed by atoms with Gasteiger partial charge in [-0.1, -0.05) is 56.3 Å². The van der Waals surface area contributed by atoms with Gasteiger partial charge >= 0.3 is 0 Å². The summed E-state index contributed by atoms with van der Waals surface area (Å²) in [4.78, 5) is 12.1. The van der Waals surface area contributed by atoms with E-state index in [1.807, 2.05) is 56.3 Å². The number of rotatable bonds is 6. The lowest BCUT2D eigenvalue weighted by molar-refractivity contribution is -0.121. The van der Waals surface area contributed by atoms with Gasteiger partial charge in [-0.05, 0) is 29.2 Å². The maximum atomic E-state index is 12.1. The molecule has 0 atom stereocenters. The number of nitrogens with one attached hydrogen (secondary N) is 1. The van der Waals surface area contributed by atoms with Crippen LogP contribution in [0, 0.1) is 0 Å². The fraction of sp³-hybridized carbons (Fsp3) is 0.389. The molecule has 3 heteroatoms. The second-order valence-electron chi connectivity index (χ2n) is 5.52. The minimum atomic E-state index is -0.797. The molecule has 0 heterocycles. The summed E-state index contributed by atoms with van der Waals surface area (Å²) in [7, 11) is 0. The van der Waals surface area contributed by atoms with Crippen LogP contribution in [0.3, 0.4) is 0 Å². The largest absolute Gasteiger partial charge is 0.388 e. The fourth-order valence-corrected chi connectivity index (χ4v) is 2.45. The van der Waals surface area contributed by atoms with Crippen molar-refractivity contribution in [2.75, 3.05) is 6.54 Å². The van der Waals surface area contributed by atoms with Gasteiger partial charge in [0.2, 0.25) is 5.91 Å². The molecule has 0 bridgehead atoms. The monoisotopic (exact) mass is 285 g/mol. The number of fused-ring (bicyclic) bond motifs is 1. The Morgan fingerprint density at radius 2 is 1.76 bits per heavy atom. The van der Waals surface area contributed by atoms with Crippen molar-refractivity contribution in [2.45, 2.75) is 38.7 Å². The average Bonchev–Trinajstić information content (AvgIpc) is 2.53. The van der Waals surface area contributed by atoms with Crippen LogP contribution in [0.25, 0.3) is 10.8 Å². The van der Waals surface area contributed by atoms with Crippen LogP contribution in [0.4, 0.5) is 0 Å². The van der Waals surface area contributed by atoms with Gasteiger partial charge in [-0.15, -0.1) is 0 Å². The number of hydrogen-bond acceptors (Lipinski definition) is 2. The van der Waals surface area contributed by atoms with E-state index in [9.17, 15) is 9.90 Å². The number of benzene rings is 2. The van der Waals surface area contributed by atoms with Crippen molar-refractivity contribution in [1.82, 2.24) is 5.32 Å². The molecule has 2 aromatic carbocycles. The normalized spacial score (nSPS) is 11.6. The summed E-state index contributed by atoms with van der Waals surface area (Å²) >= 11 is 0. The third kappa shape index (κ3) is 3.82. The standard InChI is InChI=1S/C18H23NO2/c1-3-18(21,4-2)13-19-17(20)12-15-10-7-9-14-8-5-6-11-16(14)15/h5-11,21H,3-4,12-13H2,1-2H3,(H,19,20). The van der Waals surface area contributed by atoms with Gasteiger partial charge in [0, 0.05) is 6.54 Å².